The van der Waals surface area contributed by atoms with Crippen LogP contribution >= 0.6 is 0 Å². The Morgan fingerprint density at radius 1 is 1.15 bits per heavy atom. The zero-order valence-corrected chi connectivity index (χ0v) is 11.3. The molecule has 0 aromatic carbocycles. The number of halogens is 3. The molecule has 2 aliphatic carbocycles. The van der Waals surface area contributed by atoms with E-state index in [1.54, 1.807) is 7.05 Å². The van der Waals surface area contributed by atoms with E-state index in [9.17, 15) is 13.2 Å². The Bertz CT molecular complexity index is 501. The fourth-order valence-corrected chi connectivity index (χ4v) is 3.51. The van der Waals surface area contributed by atoms with Crippen LogP contribution in [0.1, 0.15) is 31.2 Å². The van der Waals surface area contributed by atoms with Crippen LogP contribution in [0.15, 0.2) is 12.1 Å². The van der Waals surface area contributed by atoms with Gasteiger partial charge in [-0.25, -0.2) is 4.98 Å². The Hall–Kier alpha value is -1.46. The largest absolute Gasteiger partial charge is 0.416 e. The first-order chi connectivity index (χ1) is 9.45. The minimum Gasteiger partial charge on any atom is -0.373 e. The highest BCUT2D eigenvalue weighted by atomic mass is 19.4. The third-order valence-electron chi connectivity index (χ3n) is 4.48. The first-order valence-corrected chi connectivity index (χ1v) is 6.99. The van der Waals surface area contributed by atoms with Crippen LogP contribution in [0, 0.1) is 11.8 Å². The summed E-state index contributed by atoms with van der Waals surface area (Å²) in [6.45, 7) is 0. The number of alkyl halides is 3. The molecule has 0 saturated heterocycles. The van der Waals surface area contributed by atoms with Crippen molar-refractivity contribution in [3.8, 4) is 0 Å². The lowest BCUT2D eigenvalue weighted by Crippen LogP contribution is -2.26. The molecular formula is C14H18F3N3. The zero-order chi connectivity index (χ0) is 14.3. The third kappa shape index (κ3) is 2.55. The number of nitrogens with zero attached hydrogens (tertiary/aromatic N) is 1. The Morgan fingerprint density at radius 2 is 1.90 bits per heavy atom. The molecule has 6 heteroatoms. The van der Waals surface area contributed by atoms with Gasteiger partial charge in [-0.05, 0) is 43.2 Å². The highest BCUT2D eigenvalue weighted by molar-refractivity contribution is 5.50. The van der Waals surface area contributed by atoms with Gasteiger partial charge in [-0.15, -0.1) is 0 Å². The second-order valence-electron chi connectivity index (χ2n) is 5.80. The van der Waals surface area contributed by atoms with E-state index in [1.165, 1.54) is 19.3 Å². The molecule has 2 N–H and O–H groups in total. The molecule has 0 spiro atoms. The number of hydrogen-bond donors (Lipinski definition) is 2. The Kier molecular flexibility index (Phi) is 3.26. The first-order valence-electron chi connectivity index (χ1n) is 6.99. The number of pyridine rings is 1. The van der Waals surface area contributed by atoms with Crippen molar-refractivity contribution >= 4 is 11.6 Å². The van der Waals surface area contributed by atoms with Crippen LogP contribution in [0.4, 0.5) is 24.8 Å². The van der Waals surface area contributed by atoms with Gasteiger partial charge < -0.3 is 10.6 Å². The van der Waals surface area contributed by atoms with Crippen molar-refractivity contribution in [1.29, 1.82) is 0 Å². The fraction of sp³-hybridized carbons (Fsp3) is 0.643. The smallest absolute Gasteiger partial charge is 0.373 e. The molecule has 2 fully saturated rings. The van der Waals surface area contributed by atoms with Crippen LogP contribution in [0.3, 0.4) is 0 Å². The number of aromatic nitrogens is 1. The van der Waals surface area contributed by atoms with Gasteiger partial charge in [0, 0.05) is 13.1 Å². The molecule has 0 radical (unpaired) electrons. The van der Waals surface area contributed by atoms with E-state index in [0.29, 0.717) is 11.7 Å². The summed E-state index contributed by atoms with van der Waals surface area (Å²) in [4.78, 5) is 4.19. The topological polar surface area (TPSA) is 37.0 Å². The maximum atomic E-state index is 12.9. The van der Waals surface area contributed by atoms with Gasteiger partial charge in [-0.3, -0.25) is 0 Å². The van der Waals surface area contributed by atoms with Gasteiger partial charge in [-0.2, -0.15) is 13.2 Å². The van der Waals surface area contributed by atoms with Crippen molar-refractivity contribution in [2.45, 2.75) is 37.9 Å². The molecule has 110 valence electrons. The molecular weight excluding hydrogens is 267 g/mol. The maximum Gasteiger partial charge on any atom is 0.416 e. The quantitative estimate of drug-likeness (QED) is 0.888. The van der Waals surface area contributed by atoms with E-state index < -0.39 is 11.7 Å². The highest BCUT2D eigenvalue weighted by Crippen LogP contribution is 2.45. The summed E-state index contributed by atoms with van der Waals surface area (Å²) in [5.41, 5.74) is -0.664. The normalized spacial score (nSPS) is 28.7. The monoisotopic (exact) mass is 285 g/mol. The van der Waals surface area contributed by atoms with Crippen molar-refractivity contribution in [2.75, 3.05) is 17.7 Å². The predicted octanol–water partition coefficient (Wildman–Crippen LogP) is 3.74. The zero-order valence-electron chi connectivity index (χ0n) is 11.3. The van der Waals surface area contributed by atoms with E-state index in [2.05, 4.69) is 15.6 Å². The van der Waals surface area contributed by atoms with Crippen molar-refractivity contribution in [1.82, 2.24) is 4.98 Å². The summed E-state index contributed by atoms with van der Waals surface area (Å²) in [6, 6.07) is 2.41. The minimum absolute atomic E-state index is 0.241. The van der Waals surface area contributed by atoms with Gasteiger partial charge in [-0.1, -0.05) is 6.42 Å². The number of anilines is 2. The van der Waals surface area contributed by atoms with E-state index in [4.69, 9.17) is 0 Å². The Balaban J connectivity index is 1.82. The number of rotatable bonds is 3. The van der Waals surface area contributed by atoms with Crippen LogP contribution in [0.5, 0.6) is 0 Å². The van der Waals surface area contributed by atoms with E-state index >= 15 is 0 Å². The Morgan fingerprint density at radius 3 is 2.45 bits per heavy atom. The van der Waals surface area contributed by atoms with Gasteiger partial charge in [0.15, 0.2) is 0 Å². The Labute approximate surface area is 116 Å². The lowest BCUT2D eigenvalue weighted by Gasteiger charge is -2.24. The van der Waals surface area contributed by atoms with Gasteiger partial charge in [0.05, 0.1) is 5.56 Å². The van der Waals surface area contributed by atoms with Crippen LogP contribution in [0.2, 0.25) is 0 Å². The summed E-state index contributed by atoms with van der Waals surface area (Å²) in [6.07, 6.45) is 0.355. The first kappa shape index (κ1) is 13.5. The van der Waals surface area contributed by atoms with Crippen LogP contribution in [-0.4, -0.2) is 18.1 Å². The average molecular weight is 285 g/mol. The standard InChI is InChI=1S/C14H18F3N3/c1-18-12-6-10(14(15,16)17)7-13(20-12)19-11-5-8-2-3-9(11)4-8/h6-9,11H,2-5H2,1H3,(H2,18,19,20). The summed E-state index contributed by atoms with van der Waals surface area (Å²) in [5.74, 6) is 1.90. The van der Waals surface area contributed by atoms with Gasteiger partial charge in [0.1, 0.15) is 11.6 Å². The molecule has 1 heterocycles. The van der Waals surface area contributed by atoms with E-state index in [0.717, 1.165) is 24.5 Å². The molecule has 2 bridgehead atoms. The SMILES string of the molecule is CNc1cc(C(F)(F)F)cc(NC2CC3CCC2C3)n1. The van der Waals surface area contributed by atoms with Crippen LogP contribution in [0.25, 0.3) is 0 Å². The van der Waals surface area contributed by atoms with Gasteiger partial charge >= 0.3 is 6.18 Å². The second kappa shape index (κ2) is 4.82. The third-order valence-corrected chi connectivity index (χ3v) is 4.48. The summed E-state index contributed by atoms with van der Waals surface area (Å²) in [7, 11) is 1.57. The maximum absolute atomic E-state index is 12.9. The minimum atomic E-state index is -4.35. The molecule has 1 aromatic heterocycles. The molecule has 0 aliphatic heterocycles. The van der Waals surface area contributed by atoms with Crippen LogP contribution in [-0.2, 0) is 6.18 Å². The summed E-state index contributed by atoms with van der Waals surface area (Å²) >= 11 is 0. The van der Waals surface area contributed by atoms with Gasteiger partial charge in [0.25, 0.3) is 0 Å². The van der Waals surface area contributed by atoms with Gasteiger partial charge in [0.2, 0.25) is 0 Å². The fourth-order valence-electron chi connectivity index (χ4n) is 3.51. The average Bonchev–Trinajstić information content (AvgIpc) is 2.99. The number of hydrogen-bond acceptors (Lipinski definition) is 3. The van der Waals surface area contributed by atoms with Crippen molar-refractivity contribution < 1.29 is 13.2 Å². The lowest BCUT2D eigenvalue weighted by molar-refractivity contribution is -0.137. The number of nitrogens with one attached hydrogen (secondary N) is 2. The molecule has 1 aromatic rings. The van der Waals surface area contributed by atoms with Crippen molar-refractivity contribution in [3.63, 3.8) is 0 Å². The van der Waals surface area contributed by atoms with Crippen LogP contribution < -0.4 is 10.6 Å². The highest BCUT2D eigenvalue weighted by Gasteiger charge is 2.40. The molecule has 3 rings (SSSR count). The molecule has 3 unspecified atom stereocenters. The van der Waals surface area contributed by atoms with Crippen molar-refractivity contribution in [2.24, 2.45) is 11.8 Å². The molecule has 0 amide bonds. The second-order valence-corrected chi connectivity index (χ2v) is 5.80. The molecule has 3 atom stereocenters. The number of fused-ring (bicyclic) bond motifs is 2. The molecule has 3 nitrogen and oxygen atoms in total. The van der Waals surface area contributed by atoms with E-state index in [-0.39, 0.29) is 11.9 Å². The molecule has 2 saturated carbocycles. The predicted molar refractivity (Wildman–Crippen MR) is 71.6 cm³/mol. The lowest BCUT2D eigenvalue weighted by atomic mass is 9.95. The molecule has 20 heavy (non-hydrogen) atoms. The summed E-state index contributed by atoms with van der Waals surface area (Å²) < 4.78 is 38.6. The van der Waals surface area contributed by atoms with Crippen molar-refractivity contribution in [3.05, 3.63) is 17.7 Å². The summed E-state index contributed by atoms with van der Waals surface area (Å²) in [5, 5.41) is 5.90. The molecule has 2 aliphatic rings. The van der Waals surface area contributed by atoms with E-state index in [1.807, 2.05) is 0 Å².